The Bertz CT molecular complexity index is 1070. The number of phenols is 2. The SMILES string of the molecule is Cc1ccc(Nc2nc(N/N=C/c3ccc(O)c(O)c3)nc(N3CCOCC3)n2)cc1. The zero-order chi connectivity index (χ0) is 21.6. The van der Waals surface area contributed by atoms with Crippen LogP contribution in [0.5, 0.6) is 11.5 Å². The van der Waals surface area contributed by atoms with Crippen molar-refractivity contribution < 1.29 is 14.9 Å². The average molecular weight is 421 g/mol. The number of hydrogen-bond acceptors (Lipinski definition) is 10. The molecule has 0 amide bonds. The van der Waals surface area contributed by atoms with Gasteiger partial charge in [0.2, 0.25) is 17.8 Å². The van der Waals surface area contributed by atoms with Crippen molar-refractivity contribution in [2.45, 2.75) is 6.92 Å². The molecule has 0 spiro atoms. The smallest absolute Gasteiger partial charge is 0.250 e. The van der Waals surface area contributed by atoms with Crippen molar-refractivity contribution >= 4 is 29.7 Å². The van der Waals surface area contributed by atoms with E-state index >= 15 is 0 Å². The van der Waals surface area contributed by atoms with Crippen LogP contribution in [-0.4, -0.2) is 57.7 Å². The summed E-state index contributed by atoms with van der Waals surface area (Å²) in [5.74, 6) is 0.770. The Kier molecular flexibility index (Phi) is 6.08. The number of hydrogen-bond donors (Lipinski definition) is 4. The molecule has 31 heavy (non-hydrogen) atoms. The second-order valence-electron chi connectivity index (χ2n) is 6.99. The lowest BCUT2D eigenvalue weighted by Crippen LogP contribution is -2.37. The van der Waals surface area contributed by atoms with E-state index in [1.165, 1.54) is 18.3 Å². The number of phenolic OH excluding ortho intramolecular Hbond substituents is 2. The van der Waals surface area contributed by atoms with Crippen molar-refractivity contribution in [1.29, 1.82) is 0 Å². The van der Waals surface area contributed by atoms with Gasteiger partial charge < -0.3 is 25.2 Å². The fraction of sp³-hybridized carbons (Fsp3) is 0.238. The van der Waals surface area contributed by atoms with Gasteiger partial charge in [-0.15, -0.1) is 0 Å². The van der Waals surface area contributed by atoms with E-state index in [0.717, 1.165) is 11.3 Å². The second kappa shape index (κ2) is 9.26. The number of morpholine rings is 1. The fourth-order valence-electron chi connectivity index (χ4n) is 2.93. The normalized spacial score (nSPS) is 14.0. The van der Waals surface area contributed by atoms with E-state index in [9.17, 15) is 10.2 Å². The molecule has 0 saturated carbocycles. The van der Waals surface area contributed by atoms with Gasteiger partial charge in [-0.1, -0.05) is 17.7 Å². The summed E-state index contributed by atoms with van der Waals surface area (Å²) >= 11 is 0. The highest BCUT2D eigenvalue weighted by Crippen LogP contribution is 2.24. The fourth-order valence-corrected chi connectivity index (χ4v) is 2.93. The number of aromatic hydroxyl groups is 2. The van der Waals surface area contributed by atoms with E-state index < -0.39 is 0 Å². The highest BCUT2D eigenvalue weighted by Gasteiger charge is 2.16. The number of ether oxygens (including phenoxy) is 1. The zero-order valence-corrected chi connectivity index (χ0v) is 17.0. The summed E-state index contributed by atoms with van der Waals surface area (Å²) in [6.45, 7) is 4.61. The van der Waals surface area contributed by atoms with Crippen LogP contribution in [0.25, 0.3) is 0 Å². The second-order valence-corrected chi connectivity index (χ2v) is 6.99. The van der Waals surface area contributed by atoms with Crippen molar-refractivity contribution in [2.24, 2.45) is 5.10 Å². The molecule has 1 aromatic heterocycles. The van der Waals surface area contributed by atoms with Crippen molar-refractivity contribution in [3.05, 3.63) is 53.6 Å². The van der Waals surface area contributed by atoms with Gasteiger partial charge in [0.25, 0.3) is 0 Å². The summed E-state index contributed by atoms with van der Waals surface area (Å²) in [7, 11) is 0. The number of rotatable bonds is 6. The third kappa shape index (κ3) is 5.37. The Morgan fingerprint density at radius 1 is 0.968 bits per heavy atom. The van der Waals surface area contributed by atoms with Crippen molar-refractivity contribution in [3.8, 4) is 11.5 Å². The summed E-state index contributed by atoms with van der Waals surface area (Å²) in [5, 5.41) is 26.3. The first-order valence-corrected chi connectivity index (χ1v) is 9.80. The molecule has 2 aromatic carbocycles. The summed E-state index contributed by atoms with van der Waals surface area (Å²) in [5.41, 5.74) is 5.43. The maximum Gasteiger partial charge on any atom is 0.250 e. The minimum atomic E-state index is -0.219. The molecule has 1 aliphatic rings. The lowest BCUT2D eigenvalue weighted by atomic mass is 10.2. The van der Waals surface area contributed by atoms with E-state index in [2.05, 4.69) is 30.8 Å². The van der Waals surface area contributed by atoms with Gasteiger partial charge in [-0.25, -0.2) is 5.43 Å². The molecule has 0 unspecified atom stereocenters. The van der Waals surface area contributed by atoms with Crippen LogP contribution < -0.4 is 15.6 Å². The molecular weight excluding hydrogens is 398 g/mol. The topological polar surface area (TPSA) is 128 Å². The minimum absolute atomic E-state index is 0.190. The van der Waals surface area contributed by atoms with Gasteiger partial charge in [0.15, 0.2) is 11.5 Å². The molecule has 0 radical (unpaired) electrons. The molecule has 0 bridgehead atoms. The zero-order valence-electron chi connectivity index (χ0n) is 17.0. The number of aromatic nitrogens is 3. The summed E-state index contributed by atoms with van der Waals surface area (Å²) in [6, 6.07) is 12.3. The van der Waals surface area contributed by atoms with Crippen LogP contribution in [0.2, 0.25) is 0 Å². The maximum absolute atomic E-state index is 9.60. The van der Waals surface area contributed by atoms with Gasteiger partial charge in [0, 0.05) is 18.8 Å². The van der Waals surface area contributed by atoms with E-state index in [0.29, 0.717) is 43.8 Å². The van der Waals surface area contributed by atoms with E-state index in [1.54, 1.807) is 6.07 Å². The highest BCUT2D eigenvalue weighted by atomic mass is 16.5. The number of anilines is 4. The molecule has 10 heteroatoms. The largest absolute Gasteiger partial charge is 0.504 e. The number of nitrogens with one attached hydrogen (secondary N) is 2. The van der Waals surface area contributed by atoms with E-state index in [4.69, 9.17) is 4.74 Å². The predicted molar refractivity (Wildman–Crippen MR) is 118 cm³/mol. The first-order chi connectivity index (χ1) is 15.1. The quantitative estimate of drug-likeness (QED) is 0.270. The van der Waals surface area contributed by atoms with Crippen molar-refractivity contribution in [3.63, 3.8) is 0 Å². The van der Waals surface area contributed by atoms with Crippen LogP contribution in [0.15, 0.2) is 47.6 Å². The number of aryl methyl sites for hydroxylation is 1. The molecular formula is C21H23N7O3. The van der Waals surface area contributed by atoms with Gasteiger partial charge in [-0.3, -0.25) is 0 Å². The number of nitrogens with zero attached hydrogens (tertiary/aromatic N) is 5. The van der Waals surface area contributed by atoms with Crippen LogP contribution in [0.3, 0.4) is 0 Å². The predicted octanol–water partition coefficient (Wildman–Crippen LogP) is 2.62. The summed E-state index contributed by atoms with van der Waals surface area (Å²) < 4.78 is 5.41. The standard InChI is InChI=1S/C21H23N7O3/c1-14-2-5-16(6-3-14)23-19-24-20(26-21(25-19)28-8-10-31-11-9-28)27-22-13-15-4-7-17(29)18(30)12-15/h2-7,12-13,29-30H,8-11H2,1H3,(H2,23,24,25,26,27)/b22-13+. The van der Waals surface area contributed by atoms with Crippen molar-refractivity contribution in [1.82, 2.24) is 15.0 Å². The van der Waals surface area contributed by atoms with Gasteiger partial charge in [-0.2, -0.15) is 20.1 Å². The van der Waals surface area contributed by atoms with Gasteiger partial charge in [0.05, 0.1) is 19.4 Å². The number of hydrazone groups is 1. The molecule has 1 fully saturated rings. The molecule has 4 rings (SSSR count). The first kappa shape index (κ1) is 20.4. The van der Waals surface area contributed by atoms with Gasteiger partial charge in [-0.05, 0) is 42.8 Å². The lowest BCUT2D eigenvalue weighted by molar-refractivity contribution is 0.122. The van der Waals surface area contributed by atoms with Crippen LogP contribution in [0.4, 0.5) is 23.5 Å². The molecule has 160 valence electrons. The Labute approximate surface area is 179 Å². The summed E-state index contributed by atoms with van der Waals surface area (Å²) in [4.78, 5) is 15.4. The first-order valence-electron chi connectivity index (χ1n) is 9.80. The third-order valence-electron chi connectivity index (χ3n) is 4.60. The maximum atomic E-state index is 9.60. The molecule has 10 nitrogen and oxygen atoms in total. The molecule has 2 heterocycles. The summed E-state index contributed by atoms with van der Waals surface area (Å²) in [6.07, 6.45) is 1.49. The van der Waals surface area contributed by atoms with Crippen LogP contribution >= 0.6 is 0 Å². The third-order valence-corrected chi connectivity index (χ3v) is 4.60. The molecule has 1 aliphatic heterocycles. The van der Waals surface area contributed by atoms with E-state index in [-0.39, 0.29) is 17.4 Å². The molecule has 1 saturated heterocycles. The average Bonchev–Trinajstić information content (AvgIpc) is 2.78. The van der Waals surface area contributed by atoms with Crippen LogP contribution in [0, 0.1) is 6.92 Å². The molecule has 0 aliphatic carbocycles. The molecule has 4 N–H and O–H groups in total. The Balaban J connectivity index is 1.56. The molecule has 0 atom stereocenters. The molecule has 3 aromatic rings. The van der Waals surface area contributed by atoms with Gasteiger partial charge in [0.1, 0.15) is 0 Å². The van der Waals surface area contributed by atoms with Crippen LogP contribution in [-0.2, 0) is 4.74 Å². The number of benzene rings is 2. The minimum Gasteiger partial charge on any atom is -0.504 e. The Morgan fingerprint density at radius 3 is 2.45 bits per heavy atom. The monoisotopic (exact) mass is 421 g/mol. The lowest BCUT2D eigenvalue weighted by Gasteiger charge is -2.27. The van der Waals surface area contributed by atoms with Gasteiger partial charge >= 0.3 is 0 Å². The van der Waals surface area contributed by atoms with Crippen molar-refractivity contribution in [2.75, 3.05) is 41.9 Å². The van der Waals surface area contributed by atoms with Crippen LogP contribution in [0.1, 0.15) is 11.1 Å². The Morgan fingerprint density at radius 2 is 1.71 bits per heavy atom. The highest BCUT2D eigenvalue weighted by molar-refractivity contribution is 5.81. The Hall–Kier alpha value is -3.92. The van der Waals surface area contributed by atoms with E-state index in [1.807, 2.05) is 36.1 Å².